The van der Waals surface area contributed by atoms with E-state index in [0.717, 1.165) is 11.3 Å². The third-order valence-electron chi connectivity index (χ3n) is 1.63. The molecule has 1 aromatic rings. The van der Waals surface area contributed by atoms with Crippen LogP contribution >= 0.6 is 11.9 Å². The van der Waals surface area contributed by atoms with Gasteiger partial charge in [-0.3, -0.25) is 4.79 Å². The van der Waals surface area contributed by atoms with Crippen molar-refractivity contribution in [2.45, 2.75) is 6.42 Å². The molecule has 0 amide bonds. The first-order valence-electron chi connectivity index (χ1n) is 3.40. The first kappa shape index (κ1) is 6.73. The molecule has 11 heavy (non-hydrogen) atoms. The number of anilines is 1. The lowest BCUT2D eigenvalue weighted by atomic mass is 10.1. The molecule has 2 nitrogen and oxygen atoms in total. The average molecular weight is 165 g/mol. The highest BCUT2D eigenvalue weighted by Crippen LogP contribution is 2.25. The topological polar surface area (TPSA) is 29.1 Å². The summed E-state index contributed by atoms with van der Waals surface area (Å²) in [5.41, 5.74) is 2.16. The van der Waals surface area contributed by atoms with E-state index in [1.165, 1.54) is 11.9 Å². The van der Waals surface area contributed by atoms with Crippen LogP contribution in [-0.2, 0) is 11.2 Å². The molecule has 56 valence electrons. The van der Waals surface area contributed by atoms with Gasteiger partial charge in [0, 0.05) is 24.1 Å². The van der Waals surface area contributed by atoms with Crippen LogP contribution in [0.1, 0.15) is 5.56 Å². The van der Waals surface area contributed by atoms with Crippen molar-refractivity contribution in [1.82, 2.24) is 0 Å². The average Bonchev–Trinajstić information content (AvgIpc) is 2.04. The van der Waals surface area contributed by atoms with Crippen molar-refractivity contribution in [3.8, 4) is 0 Å². The summed E-state index contributed by atoms with van der Waals surface area (Å²) in [6.07, 6.45) is 0.549. The quantitative estimate of drug-likeness (QED) is 0.595. The molecule has 1 aliphatic rings. The van der Waals surface area contributed by atoms with Gasteiger partial charge >= 0.3 is 0 Å². The molecule has 0 unspecified atom stereocenters. The van der Waals surface area contributed by atoms with E-state index in [2.05, 4.69) is 4.72 Å². The summed E-state index contributed by atoms with van der Waals surface area (Å²) in [5, 5.41) is 0.184. The first-order chi connectivity index (χ1) is 5.36. The Balaban J connectivity index is 2.41. The van der Waals surface area contributed by atoms with Crippen LogP contribution in [-0.4, -0.2) is 5.12 Å². The maximum atomic E-state index is 10.9. The Morgan fingerprint density at radius 1 is 1.36 bits per heavy atom. The summed E-state index contributed by atoms with van der Waals surface area (Å²) in [5.74, 6) is 0. The first-order valence-corrected chi connectivity index (χ1v) is 4.21. The van der Waals surface area contributed by atoms with Gasteiger partial charge in [0.15, 0.2) is 0 Å². The van der Waals surface area contributed by atoms with E-state index >= 15 is 0 Å². The smallest absolute Gasteiger partial charge is 0.213 e. The minimum absolute atomic E-state index is 0.184. The van der Waals surface area contributed by atoms with E-state index < -0.39 is 0 Å². The zero-order valence-corrected chi connectivity index (χ0v) is 6.65. The molecule has 1 heterocycles. The minimum atomic E-state index is 0.184. The van der Waals surface area contributed by atoms with Gasteiger partial charge in [0.2, 0.25) is 5.12 Å². The number of carbonyl (C=O) groups excluding carboxylic acids is 1. The van der Waals surface area contributed by atoms with Gasteiger partial charge in [0.05, 0.1) is 0 Å². The summed E-state index contributed by atoms with van der Waals surface area (Å²) in [6, 6.07) is 7.86. The fraction of sp³-hybridized carbons (Fsp3) is 0.125. The summed E-state index contributed by atoms with van der Waals surface area (Å²) in [4.78, 5) is 10.9. The molecule has 1 N–H and O–H groups in total. The van der Waals surface area contributed by atoms with Crippen LogP contribution in [0.3, 0.4) is 0 Å². The number of hydrogen-bond donors (Lipinski definition) is 1. The summed E-state index contributed by atoms with van der Waals surface area (Å²) < 4.78 is 2.98. The van der Waals surface area contributed by atoms with Gasteiger partial charge in [-0.25, -0.2) is 0 Å². The molecule has 2 rings (SSSR count). The molecule has 0 spiro atoms. The van der Waals surface area contributed by atoms with Crippen LogP contribution < -0.4 is 4.72 Å². The standard InChI is InChI=1S/C8H7NOS/c10-8-5-6-3-1-2-4-7(6)9-11-8/h1-4,9H,5H2. The molecular weight excluding hydrogens is 158 g/mol. The van der Waals surface area contributed by atoms with Gasteiger partial charge < -0.3 is 4.72 Å². The maximum absolute atomic E-state index is 10.9. The van der Waals surface area contributed by atoms with E-state index in [4.69, 9.17) is 0 Å². The number of para-hydroxylation sites is 1. The number of nitrogens with one attached hydrogen (secondary N) is 1. The normalized spacial score (nSPS) is 15.5. The lowest BCUT2D eigenvalue weighted by Crippen LogP contribution is -2.09. The van der Waals surface area contributed by atoms with Crippen molar-refractivity contribution in [2.24, 2.45) is 0 Å². The summed E-state index contributed by atoms with van der Waals surface area (Å²) in [6.45, 7) is 0. The predicted octanol–water partition coefficient (Wildman–Crippen LogP) is 1.83. The second kappa shape index (κ2) is 2.58. The van der Waals surface area contributed by atoms with Gasteiger partial charge in [-0.1, -0.05) is 18.2 Å². The summed E-state index contributed by atoms with van der Waals surface area (Å²) >= 11 is 1.17. The molecule has 0 saturated heterocycles. The van der Waals surface area contributed by atoms with Gasteiger partial charge in [-0.05, 0) is 11.6 Å². The van der Waals surface area contributed by atoms with Crippen LogP contribution in [0.2, 0.25) is 0 Å². The molecule has 1 aliphatic heterocycles. The largest absolute Gasteiger partial charge is 0.323 e. The third-order valence-corrected chi connectivity index (χ3v) is 2.32. The van der Waals surface area contributed by atoms with Crippen LogP contribution in [0.5, 0.6) is 0 Å². The number of benzene rings is 1. The number of fused-ring (bicyclic) bond motifs is 1. The maximum Gasteiger partial charge on any atom is 0.213 e. The Bertz CT molecular complexity index is 298. The Kier molecular flexibility index (Phi) is 1.58. The van der Waals surface area contributed by atoms with E-state index in [1.54, 1.807) is 0 Å². The molecule has 0 aromatic heterocycles. The van der Waals surface area contributed by atoms with Gasteiger partial charge in [0.25, 0.3) is 0 Å². The Labute approximate surface area is 69.1 Å². The highest BCUT2D eigenvalue weighted by Gasteiger charge is 2.14. The zero-order valence-electron chi connectivity index (χ0n) is 5.83. The fourth-order valence-electron chi connectivity index (χ4n) is 1.08. The molecule has 0 bridgehead atoms. The zero-order chi connectivity index (χ0) is 7.68. The van der Waals surface area contributed by atoms with Crippen molar-refractivity contribution in [3.05, 3.63) is 29.8 Å². The van der Waals surface area contributed by atoms with Gasteiger partial charge in [-0.15, -0.1) is 0 Å². The molecular formula is C8H7NOS. The molecule has 0 saturated carbocycles. The second-order valence-corrected chi connectivity index (χ2v) is 3.27. The van der Waals surface area contributed by atoms with E-state index in [0.29, 0.717) is 6.42 Å². The number of carbonyl (C=O) groups is 1. The van der Waals surface area contributed by atoms with Crippen molar-refractivity contribution in [2.75, 3.05) is 4.72 Å². The molecule has 1 aromatic carbocycles. The second-order valence-electron chi connectivity index (χ2n) is 2.41. The lowest BCUT2D eigenvalue weighted by Gasteiger charge is -2.14. The molecule has 0 radical (unpaired) electrons. The highest BCUT2D eigenvalue weighted by atomic mass is 32.2. The lowest BCUT2D eigenvalue weighted by molar-refractivity contribution is -0.110. The molecule has 0 atom stereocenters. The third kappa shape index (κ3) is 1.24. The summed E-state index contributed by atoms with van der Waals surface area (Å²) in [7, 11) is 0. The SMILES string of the molecule is O=C1Cc2ccccc2NS1. The molecule has 0 aliphatic carbocycles. The Morgan fingerprint density at radius 2 is 2.18 bits per heavy atom. The van der Waals surface area contributed by atoms with Crippen molar-refractivity contribution < 1.29 is 4.79 Å². The fourth-order valence-corrected chi connectivity index (χ4v) is 1.73. The van der Waals surface area contributed by atoms with Crippen LogP contribution in [0.15, 0.2) is 24.3 Å². The number of hydrogen-bond acceptors (Lipinski definition) is 3. The van der Waals surface area contributed by atoms with E-state index in [9.17, 15) is 4.79 Å². The van der Waals surface area contributed by atoms with Crippen molar-refractivity contribution in [1.29, 1.82) is 0 Å². The molecule has 3 heteroatoms. The van der Waals surface area contributed by atoms with Crippen molar-refractivity contribution >= 4 is 22.8 Å². The Hall–Kier alpha value is -0.960. The van der Waals surface area contributed by atoms with Crippen LogP contribution in [0.4, 0.5) is 5.69 Å². The molecule has 0 fully saturated rings. The van der Waals surface area contributed by atoms with Crippen molar-refractivity contribution in [3.63, 3.8) is 0 Å². The van der Waals surface area contributed by atoms with Crippen LogP contribution in [0, 0.1) is 0 Å². The van der Waals surface area contributed by atoms with Gasteiger partial charge in [0.1, 0.15) is 0 Å². The number of rotatable bonds is 0. The monoisotopic (exact) mass is 165 g/mol. The van der Waals surface area contributed by atoms with Crippen LogP contribution in [0.25, 0.3) is 0 Å². The van der Waals surface area contributed by atoms with E-state index in [1.807, 2.05) is 24.3 Å². The van der Waals surface area contributed by atoms with Gasteiger partial charge in [-0.2, -0.15) is 0 Å². The van der Waals surface area contributed by atoms with E-state index in [-0.39, 0.29) is 5.12 Å². The Morgan fingerprint density at radius 3 is 3.09 bits per heavy atom. The minimum Gasteiger partial charge on any atom is -0.323 e. The highest BCUT2D eigenvalue weighted by molar-refractivity contribution is 8.14. The predicted molar refractivity (Wildman–Crippen MR) is 46.4 cm³/mol.